The summed E-state index contributed by atoms with van der Waals surface area (Å²) >= 11 is 0. The number of nitrogens with one attached hydrogen (secondary N) is 1. The Hall–Kier alpha value is -1.74. The zero-order valence-electron chi connectivity index (χ0n) is 8.40. The number of aliphatic imine (C=N–C) groups is 1. The number of hydrogen-bond acceptors (Lipinski definition) is 6. The van der Waals surface area contributed by atoms with Gasteiger partial charge in [0.05, 0.1) is 0 Å². The maximum atomic E-state index is 9.00. The molecule has 1 atom stereocenters. The van der Waals surface area contributed by atoms with Gasteiger partial charge in [0.25, 0.3) is 0 Å². The molecule has 1 saturated heterocycles. The zero-order chi connectivity index (χ0) is 10.8. The van der Waals surface area contributed by atoms with E-state index in [0.29, 0.717) is 5.57 Å². The largest absolute Gasteiger partial charge is 0.383 e. The molecular weight excluding hydrogens is 192 g/mol. The maximum absolute atomic E-state index is 9.00. The second-order valence-corrected chi connectivity index (χ2v) is 3.63. The minimum absolute atomic E-state index is 0.227. The Morgan fingerprint density at radius 2 is 2.13 bits per heavy atom. The number of nitriles is 1. The first-order chi connectivity index (χ1) is 7.22. The van der Waals surface area contributed by atoms with Crippen LogP contribution in [0.25, 0.3) is 0 Å². The van der Waals surface area contributed by atoms with Crippen LogP contribution in [0.15, 0.2) is 16.4 Å². The quantitative estimate of drug-likeness (QED) is 0.511. The van der Waals surface area contributed by atoms with Crippen molar-refractivity contribution in [1.29, 1.82) is 5.26 Å². The van der Waals surface area contributed by atoms with Crippen molar-refractivity contribution in [1.82, 2.24) is 10.2 Å². The molecule has 0 amide bonds. The number of hydrogen-bond donors (Lipinski definition) is 3. The van der Waals surface area contributed by atoms with Crippen molar-refractivity contribution in [3.8, 4) is 6.07 Å². The first-order valence-electron chi connectivity index (χ1n) is 4.97. The number of amidine groups is 1. The van der Waals surface area contributed by atoms with Gasteiger partial charge in [0.1, 0.15) is 23.3 Å². The fourth-order valence-electron chi connectivity index (χ4n) is 1.88. The van der Waals surface area contributed by atoms with E-state index in [0.717, 1.165) is 31.8 Å². The minimum Gasteiger partial charge on any atom is -0.383 e. The van der Waals surface area contributed by atoms with Crippen molar-refractivity contribution in [3.05, 3.63) is 11.4 Å². The minimum atomic E-state index is -0.544. The number of likely N-dealkylation sites (tertiary alicyclic amines) is 1. The van der Waals surface area contributed by atoms with Crippen molar-refractivity contribution < 1.29 is 0 Å². The van der Waals surface area contributed by atoms with Gasteiger partial charge in [-0.1, -0.05) is 0 Å². The highest BCUT2D eigenvalue weighted by Gasteiger charge is 2.25. The number of rotatable bonds is 1. The zero-order valence-corrected chi connectivity index (χ0v) is 8.40. The molecule has 2 rings (SSSR count). The lowest BCUT2D eigenvalue weighted by Crippen LogP contribution is -2.47. The topological polar surface area (TPSA) is 103 Å². The Morgan fingerprint density at radius 1 is 1.47 bits per heavy atom. The second-order valence-electron chi connectivity index (χ2n) is 3.63. The predicted molar refractivity (Wildman–Crippen MR) is 56.2 cm³/mol. The van der Waals surface area contributed by atoms with Crippen molar-refractivity contribution >= 4 is 5.84 Å². The molecule has 2 aliphatic heterocycles. The van der Waals surface area contributed by atoms with Gasteiger partial charge in [-0.15, -0.1) is 0 Å². The van der Waals surface area contributed by atoms with Gasteiger partial charge in [0.2, 0.25) is 0 Å². The first-order valence-corrected chi connectivity index (χ1v) is 4.97. The summed E-state index contributed by atoms with van der Waals surface area (Å²) in [5, 5.41) is 12.0. The third kappa shape index (κ3) is 1.74. The molecule has 2 aliphatic rings. The molecule has 2 heterocycles. The van der Waals surface area contributed by atoms with Crippen LogP contribution in [0, 0.1) is 11.3 Å². The van der Waals surface area contributed by atoms with Gasteiger partial charge in [-0.05, 0) is 12.8 Å². The van der Waals surface area contributed by atoms with Crippen molar-refractivity contribution in [3.63, 3.8) is 0 Å². The highest BCUT2D eigenvalue weighted by Crippen LogP contribution is 2.18. The molecule has 0 aromatic rings. The molecule has 0 aromatic heterocycles. The molecule has 0 aliphatic carbocycles. The van der Waals surface area contributed by atoms with Crippen LogP contribution in [-0.2, 0) is 0 Å². The molecule has 0 spiro atoms. The standard InChI is InChI=1S/C9H14N6/c10-5-6-7(11)13-9(12)14-8(6)15-3-1-2-4-15/h9,14H,1-4,12H2,(H2,11,13). The van der Waals surface area contributed by atoms with Gasteiger partial charge in [-0.25, -0.2) is 4.99 Å². The highest BCUT2D eigenvalue weighted by atomic mass is 15.3. The average Bonchev–Trinajstić information content (AvgIpc) is 2.69. The van der Waals surface area contributed by atoms with Crippen LogP contribution in [0.1, 0.15) is 12.8 Å². The molecule has 1 unspecified atom stereocenters. The molecule has 1 fully saturated rings. The van der Waals surface area contributed by atoms with Crippen molar-refractivity contribution in [2.24, 2.45) is 16.5 Å². The van der Waals surface area contributed by atoms with Crippen LogP contribution in [0.5, 0.6) is 0 Å². The predicted octanol–water partition coefficient (Wildman–Crippen LogP) is -0.980. The van der Waals surface area contributed by atoms with Crippen LogP contribution in [0.2, 0.25) is 0 Å². The third-order valence-corrected chi connectivity index (χ3v) is 2.59. The summed E-state index contributed by atoms with van der Waals surface area (Å²) in [5.74, 6) is 0.959. The van der Waals surface area contributed by atoms with E-state index in [-0.39, 0.29) is 5.84 Å². The van der Waals surface area contributed by atoms with Gasteiger partial charge >= 0.3 is 0 Å². The summed E-state index contributed by atoms with van der Waals surface area (Å²) in [6.45, 7) is 1.88. The van der Waals surface area contributed by atoms with E-state index in [2.05, 4.69) is 21.3 Å². The highest BCUT2D eigenvalue weighted by molar-refractivity contribution is 6.01. The fourth-order valence-corrected chi connectivity index (χ4v) is 1.88. The smallest absolute Gasteiger partial charge is 0.174 e. The van der Waals surface area contributed by atoms with Crippen LogP contribution in [0.4, 0.5) is 0 Å². The molecule has 0 radical (unpaired) electrons. The van der Waals surface area contributed by atoms with Crippen LogP contribution in [-0.4, -0.2) is 30.1 Å². The van der Waals surface area contributed by atoms with E-state index in [4.69, 9.17) is 16.7 Å². The Labute approximate surface area is 88.2 Å². The van der Waals surface area contributed by atoms with E-state index >= 15 is 0 Å². The van der Waals surface area contributed by atoms with E-state index in [9.17, 15) is 0 Å². The van der Waals surface area contributed by atoms with Gasteiger partial charge in [-0.2, -0.15) is 5.26 Å². The normalized spacial score (nSPS) is 26.0. The SMILES string of the molecule is N#CC1=C(N2CCCC2)NC(N)N=C1N. The maximum Gasteiger partial charge on any atom is 0.174 e. The monoisotopic (exact) mass is 206 g/mol. The van der Waals surface area contributed by atoms with E-state index in [1.165, 1.54) is 0 Å². The summed E-state index contributed by atoms with van der Waals surface area (Å²) in [5.41, 5.74) is 11.7. The summed E-state index contributed by atoms with van der Waals surface area (Å²) in [6.07, 6.45) is 1.73. The Bertz CT molecular complexity index is 357. The fraction of sp³-hybridized carbons (Fsp3) is 0.556. The number of nitrogens with zero attached hydrogens (tertiary/aromatic N) is 3. The first kappa shape index (κ1) is 9.80. The molecule has 0 bridgehead atoms. The lowest BCUT2D eigenvalue weighted by molar-refractivity contribution is 0.366. The van der Waals surface area contributed by atoms with Crippen molar-refractivity contribution in [2.45, 2.75) is 19.1 Å². The second kappa shape index (κ2) is 3.79. The molecule has 6 nitrogen and oxygen atoms in total. The van der Waals surface area contributed by atoms with E-state index in [1.54, 1.807) is 0 Å². The van der Waals surface area contributed by atoms with Gasteiger partial charge in [0.15, 0.2) is 6.29 Å². The van der Waals surface area contributed by atoms with E-state index in [1.807, 2.05) is 0 Å². The van der Waals surface area contributed by atoms with Crippen LogP contribution < -0.4 is 16.8 Å². The molecule has 80 valence electrons. The molecule has 0 aromatic carbocycles. The van der Waals surface area contributed by atoms with Gasteiger partial charge in [-0.3, -0.25) is 5.73 Å². The Morgan fingerprint density at radius 3 is 2.73 bits per heavy atom. The molecule has 5 N–H and O–H groups in total. The third-order valence-electron chi connectivity index (χ3n) is 2.59. The summed E-state index contributed by atoms with van der Waals surface area (Å²) in [4.78, 5) is 6.01. The van der Waals surface area contributed by atoms with Gasteiger partial charge in [0, 0.05) is 13.1 Å². The summed E-state index contributed by atoms with van der Waals surface area (Å²) in [7, 11) is 0. The van der Waals surface area contributed by atoms with Crippen LogP contribution >= 0.6 is 0 Å². The summed E-state index contributed by atoms with van der Waals surface area (Å²) < 4.78 is 0. The van der Waals surface area contributed by atoms with E-state index < -0.39 is 6.29 Å². The molecular formula is C9H14N6. The Kier molecular flexibility index (Phi) is 2.47. The molecule has 15 heavy (non-hydrogen) atoms. The van der Waals surface area contributed by atoms with Crippen LogP contribution in [0.3, 0.4) is 0 Å². The molecule has 6 heteroatoms. The number of nitrogens with two attached hydrogens (primary N) is 2. The van der Waals surface area contributed by atoms with Gasteiger partial charge < -0.3 is 16.0 Å². The lowest BCUT2D eigenvalue weighted by atomic mass is 10.2. The lowest BCUT2D eigenvalue weighted by Gasteiger charge is -2.28. The Balaban J connectivity index is 2.32. The van der Waals surface area contributed by atoms with Crippen molar-refractivity contribution in [2.75, 3.05) is 13.1 Å². The summed E-state index contributed by atoms with van der Waals surface area (Å²) in [6, 6.07) is 2.07. The molecule has 0 saturated carbocycles. The average molecular weight is 206 g/mol.